The summed E-state index contributed by atoms with van der Waals surface area (Å²) in [6, 6.07) is 9.91. The summed E-state index contributed by atoms with van der Waals surface area (Å²) in [6.45, 7) is 0. The van der Waals surface area contributed by atoms with Crippen molar-refractivity contribution in [1.82, 2.24) is 0 Å². The number of carbonyl (C=O) groups excluding carboxylic acids is 2. The molecule has 8 heteroatoms. The van der Waals surface area contributed by atoms with Gasteiger partial charge in [-0.05, 0) is 36.4 Å². The van der Waals surface area contributed by atoms with Gasteiger partial charge in [-0.1, -0.05) is 17.7 Å². The summed E-state index contributed by atoms with van der Waals surface area (Å²) >= 11 is 6.02. The van der Waals surface area contributed by atoms with Gasteiger partial charge in [-0.3, -0.25) is 4.79 Å². The summed E-state index contributed by atoms with van der Waals surface area (Å²) in [5.41, 5.74) is 0.592. The molecule has 0 bridgehead atoms. The van der Waals surface area contributed by atoms with E-state index < -0.39 is 21.7 Å². The van der Waals surface area contributed by atoms with Crippen molar-refractivity contribution in [3.63, 3.8) is 0 Å². The van der Waals surface area contributed by atoms with Crippen molar-refractivity contribution in [3.8, 4) is 0 Å². The number of benzene rings is 2. The maximum Gasteiger partial charge on any atom is 0.337 e. The van der Waals surface area contributed by atoms with Crippen molar-refractivity contribution in [1.29, 1.82) is 0 Å². The lowest BCUT2D eigenvalue weighted by Crippen LogP contribution is -2.14. The highest BCUT2D eigenvalue weighted by Crippen LogP contribution is 2.24. The van der Waals surface area contributed by atoms with Gasteiger partial charge in [0, 0.05) is 11.8 Å². The highest BCUT2D eigenvalue weighted by molar-refractivity contribution is 7.90. The largest absolute Gasteiger partial charge is 0.465 e. The van der Waals surface area contributed by atoms with Crippen LogP contribution in [-0.2, 0) is 14.6 Å². The van der Waals surface area contributed by atoms with Gasteiger partial charge in [-0.2, -0.15) is 0 Å². The molecule has 24 heavy (non-hydrogen) atoms. The Bertz CT molecular complexity index is 908. The molecule has 126 valence electrons. The minimum Gasteiger partial charge on any atom is -0.465 e. The number of amides is 1. The summed E-state index contributed by atoms with van der Waals surface area (Å²) in [4.78, 5) is 23.9. The van der Waals surface area contributed by atoms with Crippen molar-refractivity contribution in [2.45, 2.75) is 4.90 Å². The van der Waals surface area contributed by atoms with E-state index in [2.05, 4.69) is 10.1 Å². The van der Waals surface area contributed by atoms with Crippen molar-refractivity contribution >= 4 is 39.0 Å². The van der Waals surface area contributed by atoms with Gasteiger partial charge in [0.05, 0.1) is 28.3 Å². The van der Waals surface area contributed by atoms with Gasteiger partial charge in [0.2, 0.25) is 0 Å². The standard InChI is InChI=1S/C16H14ClNO5S/c1-23-16(20)11-6-7-13(17)14(9-11)18-15(19)10-4-3-5-12(8-10)24(2,21)22/h3-9H,1-2H3,(H,18,19). The van der Waals surface area contributed by atoms with Crippen molar-refractivity contribution in [2.75, 3.05) is 18.7 Å². The Hall–Kier alpha value is -2.38. The van der Waals surface area contributed by atoms with E-state index in [-0.39, 0.29) is 26.7 Å². The molecule has 0 unspecified atom stereocenters. The number of esters is 1. The average Bonchev–Trinajstić information content (AvgIpc) is 2.55. The average molecular weight is 368 g/mol. The molecule has 1 amide bonds. The fourth-order valence-electron chi connectivity index (χ4n) is 1.93. The number of nitrogens with one attached hydrogen (secondary N) is 1. The molecule has 0 spiro atoms. The number of hydrogen-bond donors (Lipinski definition) is 1. The normalized spacial score (nSPS) is 11.0. The molecule has 0 aliphatic rings. The number of ether oxygens (including phenoxy) is 1. The van der Waals surface area contributed by atoms with E-state index in [1.807, 2.05) is 0 Å². The third kappa shape index (κ3) is 4.12. The summed E-state index contributed by atoms with van der Waals surface area (Å²) in [6.07, 6.45) is 1.06. The number of methoxy groups -OCH3 is 1. The molecular formula is C16H14ClNO5S. The highest BCUT2D eigenvalue weighted by Gasteiger charge is 2.14. The van der Waals surface area contributed by atoms with Gasteiger partial charge < -0.3 is 10.1 Å². The molecule has 2 aromatic rings. The van der Waals surface area contributed by atoms with Crippen LogP contribution in [0.25, 0.3) is 0 Å². The summed E-state index contributed by atoms with van der Waals surface area (Å²) in [7, 11) is -2.19. The lowest BCUT2D eigenvalue weighted by Gasteiger charge is -2.09. The highest BCUT2D eigenvalue weighted by atomic mass is 35.5. The Balaban J connectivity index is 2.32. The van der Waals surface area contributed by atoms with Gasteiger partial charge in [0.25, 0.3) is 5.91 Å². The zero-order valence-corrected chi connectivity index (χ0v) is 14.4. The maximum atomic E-state index is 12.3. The minimum atomic E-state index is -3.43. The Morgan fingerprint density at radius 3 is 2.42 bits per heavy atom. The van der Waals surface area contributed by atoms with E-state index in [9.17, 15) is 18.0 Å². The predicted octanol–water partition coefficient (Wildman–Crippen LogP) is 2.78. The van der Waals surface area contributed by atoms with Crippen LogP contribution in [0.1, 0.15) is 20.7 Å². The third-order valence-electron chi connectivity index (χ3n) is 3.16. The first-order valence-corrected chi connectivity index (χ1v) is 8.98. The van der Waals surface area contributed by atoms with Crippen LogP contribution < -0.4 is 5.32 Å². The molecular weight excluding hydrogens is 354 g/mol. The Kier molecular flexibility index (Phi) is 5.26. The number of anilines is 1. The van der Waals surface area contributed by atoms with Crippen molar-refractivity contribution < 1.29 is 22.7 Å². The first kappa shape index (κ1) is 18.0. The van der Waals surface area contributed by atoms with E-state index in [0.717, 1.165) is 6.26 Å². The Labute approximate surface area is 144 Å². The van der Waals surface area contributed by atoms with E-state index in [4.69, 9.17) is 11.6 Å². The summed E-state index contributed by atoms with van der Waals surface area (Å²) in [5.74, 6) is -1.12. The van der Waals surface area contributed by atoms with Crippen LogP contribution in [-0.4, -0.2) is 33.7 Å². The third-order valence-corrected chi connectivity index (χ3v) is 4.60. The van der Waals surface area contributed by atoms with E-state index in [1.165, 1.54) is 49.6 Å². The van der Waals surface area contributed by atoms with Gasteiger partial charge in [-0.25, -0.2) is 13.2 Å². The first-order valence-electron chi connectivity index (χ1n) is 6.71. The van der Waals surface area contributed by atoms with Crippen LogP contribution in [0, 0.1) is 0 Å². The molecule has 2 rings (SSSR count). The number of sulfone groups is 1. The molecule has 0 saturated heterocycles. The molecule has 0 atom stereocenters. The zero-order valence-electron chi connectivity index (χ0n) is 12.9. The fourth-order valence-corrected chi connectivity index (χ4v) is 2.76. The number of rotatable bonds is 4. The monoisotopic (exact) mass is 367 g/mol. The summed E-state index contributed by atoms with van der Waals surface area (Å²) < 4.78 is 27.7. The van der Waals surface area contributed by atoms with Gasteiger partial charge >= 0.3 is 5.97 Å². The van der Waals surface area contributed by atoms with Gasteiger partial charge in [-0.15, -0.1) is 0 Å². The molecule has 6 nitrogen and oxygen atoms in total. The van der Waals surface area contributed by atoms with Crippen molar-refractivity contribution in [3.05, 3.63) is 58.6 Å². The molecule has 0 saturated carbocycles. The quantitative estimate of drug-likeness (QED) is 0.839. The smallest absolute Gasteiger partial charge is 0.337 e. The van der Waals surface area contributed by atoms with Gasteiger partial charge in [0.1, 0.15) is 0 Å². The van der Waals surface area contributed by atoms with Crippen LogP contribution in [0.15, 0.2) is 47.4 Å². The van der Waals surface area contributed by atoms with E-state index in [1.54, 1.807) is 0 Å². The van der Waals surface area contributed by atoms with Crippen molar-refractivity contribution in [2.24, 2.45) is 0 Å². The van der Waals surface area contributed by atoms with E-state index >= 15 is 0 Å². The zero-order chi connectivity index (χ0) is 17.9. The number of hydrogen-bond acceptors (Lipinski definition) is 5. The Morgan fingerprint density at radius 2 is 1.79 bits per heavy atom. The maximum absolute atomic E-state index is 12.3. The summed E-state index contributed by atoms with van der Waals surface area (Å²) in [5, 5.41) is 2.78. The second-order valence-corrected chi connectivity index (χ2v) is 7.36. The molecule has 2 aromatic carbocycles. The predicted molar refractivity (Wildman–Crippen MR) is 90.3 cm³/mol. The topological polar surface area (TPSA) is 89.5 Å². The SMILES string of the molecule is COC(=O)c1ccc(Cl)c(NC(=O)c2cccc(S(C)(=O)=O)c2)c1. The fraction of sp³-hybridized carbons (Fsp3) is 0.125. The van der Waals surface area contributed by atoms with E-state index in [0.29, 0.717) is 0 Å². The second kappa shape index (κ2) is 7.02. The molecule has 1 N–H and O–H groups in total. The second-order valence-electron chi connectivity index (χ2n) is 4.94. The van der Waals surface area contributed by atoms with Gasteiger partial charge in [0.15, 0.2) is 9.84 Å². The molecule has 0 aromatic heterocycles. The molecule has 0 aliphatic heterocycles. The Morgan fingerprint density at radius 1 is 1.08 bits per heavy atom. The number of halogens is 1. The van der Waals surface area contributed by atoms with Crippen LogP contribution in [0.2, 0.25) is 5.02 Å². The molecule has 0 heterocycles. The number of carbonyl (C=O) groups is 2. The lowest BCUT2D eigenvalue weighted by molar-refractivity contribution is 0.0600. The van der Waals surface area contributed by atoms with Crippen LogP contribution in [0.3, 0.4) is 0 Å². The van der Waals surface area contributed by atoms with Crippen LogP contribution >= 0.6 is 11.6 Å². The molecule has 0 fully saturated rings. The van der Waals surface area contributed by atoms with Crippen LogP contribution in [0.4, 0.5) is 5.69 Å². The first-order chi connectivity index (χ1) is 11.2. The lowest BCUT2D eigenvalue weighted by atomic mass is 10.1. The minimum absolute atomic E-state index is 0.0320. The van der Waals surface area contributed by atoms with Crippen LogP contribution in [0.5, 0.6) is 0 Å². The molecule has 0 aliphatic carbocycles. The molecule has 0 radical (unpaired) electrons.